The monoisotopic (exact) mass is 1390 g/mol. The highest BCUT2D eigenvalue weighted by atomic mass is 16.3. The van der Waals surface area contributed by atoms with Crippen LogP contribution in [0.25, 0.3) is 208 Å². The number of para-hydroxylation sites is 2. The van der Waals surface area contributed by atoms with Crippen LogP contribution in [0.1, 0.15) is 26.3 Å². The van der Waals surface area contributed by atoms with Crippen LogP contribution in [0.15, 0.2) is 363 Å². The Balaban J connectivity index is 0.000000108. The minimum atomic E-state index is 0.110. The van der Waals surface area contributed by atoms with E-state index in [2.05, 4.69) is 348 Å². The third kappa shape index (κ3) is 11.4. The van der Waals surface area contributed by atoms with Gasteiger partial charge in [-0.2, -0.15) is 0 Å². The SMILES string of the molecule is CC(C)(C)c1cccc(-c2cccc(-c3ncc4c5ccccc5c5ccccc5c4n3)c2)c1.c1cc(-c2ncc3c4ccccc4c4ccccc4c3n2)cc(-c2cc3ccccc3c3ccccc23)c1.c1cc(-c2ncc3c4ccccc4c4ccccc4c3n2)cc(-c2cccc3c2oc2ccccc23)c1. The highest BCUT2D eigenvalue weighted by Gasteiger charge is 2.20. The van der Waals surface area contributed by atoms with Crippen molar-refractivity contribution in [2.24, 2.45) is 0 Å². The maximum Gasteiger partial charge on any atom is 0.159 e. The molecule has 0 N–H and O–H groups in total. The number of rotatable bonds is 6. The van der Waals surface area contributed by atoms with E-state index in [-0.39, 0.29) is 5.41 Å². The summed E-state index contributed by atoms with van der Waals surface area (Å²) in [4.78, 5) is 29.9. The van der Waals surface area contributed by atoms with E-state index in [1.165, 1.54) is 92.3 Å². The molecule has 0 amide bonds. The minimum Gasteiger partial charge on any atom is -0.455 e. The average molecular weight is 1390 g/mol. The van der Waals surface area contributed by atoms with Gasteiger partial charge in [0.15, 0.2) is 17.5 Å². The average Bonchev–Trinajstić information content (AvgIpc) is 1.59. The fraction of sp³-hybridized carbons (Fsp3) is 0.0392. The van der Waals surface area contributed by atoms with Crippen molar-refractivity contribution in [3.63, 3.8) is 0 Å². The molecule has 0 spiro atoms. The predicted octanol–water partition coefficient (Wildman–Crippen LogP) is 27.3. The molecule has 0 unspecified atom stereocenters. The van der Waals surface area contributed by atoms with E-state index in [0.717, 1.165) is 116 Å². The summed E-state index contributed by atoms with van der Waals surface area (Å²) in [5.74, 6) is 2.21. The fourth-order valence-corrected chi connectivity index (χ4v) is 16.3. The second kappa shape index (κ2) is 26.5. The first-order valence-electron chi connectivity index (χ1n) is 37.1. The molecule has 109 heavy (non-hydrogen) atoms. The standard InChI is InChI=1S/C36H22N2.C34H20N2O.C32H26N2/c1-2-13-26-24(10-1)21-33(30-17-5-3-14-27(26)30)23-11-9-12-25(20-23)36-37-22-34-31-18-6-4-15-28(31)29-16-7-8-19-32(29)35(34)38-36;1-2-13-26-24(11-1)25-12-3-4-15-28(25)32-30(26)20-35-34(36-32)22-10-7-9-21(19-22)23-16-8-17-29-27-14-5-6-18-31(27)37-33(23)29;1-32(2,3)24-13-9-11-22(19-24)21-10-8-12-23(18-21)31-33-20-29-27-16-5-4-14-25(27)26-15-6-7-17-28(26)30(29)34-31/h1-22H;1-20H;4-20H,1-3H3. The van der Waals surface area contributed by atoms with Crippen molar-refractivity contribution < 1.29 is 4.42 Å². The fourth-order valence-electron chi connectivity index (χ4n) is 16.3. The smallest absolute Gasteiger partial charge is 0.159 e. The Bertz CT molecular complexity index is 7330. The molecule has 0 radical (unpaired) electrons. The first-order chi connectivity index (χ1) is 53.7. The molecule has 512 valence electrons. The number of hydrogen-bond donors (Lipinski definition) is 0. The maximum absolute atomic E-state index is 6.30. The number of furan rings is 1. The first kappa shape index (κ1) is 64.5. The van der Waals surface area contributed by atoms with Gasteiger partial charge in [-0.1, -0.05) is 330 Å². The molecule has 0 fully saturated rings. The number of nitrogens with zero attached hydrogens (tertiary/aromatic N) is 6. The Labute approximate surface area is 628 Å². The molecule has 7 heteroatoms. The predicted molar refractivity (Wildman–Crippen MR) is 457 cm³/mol. The molecule has 0 aliphatic heterocycles. The normalized spacial score (nSPS) is 11.8. The molecule has 0 bridgehead atoms. The summed E-state index contributed by atoms with van der Waals surface area (Å²) in [7, 11) is 0. The topological polar surface area (TPSA) is 90.5 Å². The lowest BCUT2D eigenvalue weighted by molar-refractivity contribution is 0.590. The minimum absolute atomic E-state index is 0.110. The summed E-state index contributed by atoms with van der Waals surface area (Å²) >= 11 is 0. The van der Waals surface area contributed by atoms with Crippen LogP contribution in [0.2, 0.25) is 0 Å². The van der Waals surface area contributed by atoms with Gasteiger partial charge in [0.05, 0.1) is 16.6 Å². The van der Waals surface area contributed by atoms with E-state index in [1.807, 2.05) is 30.7 Å². The van der Waals surface area contributed by atoms with Crippen LogP contribution >= 0.6 is 0 Å². The van der Waals surface area contributed by atoms with Gasteiger partial charge in [-0.3, -0.25) is 0 Å². The molecule has 4 heterocycles. The van der Waals surface area contributed by atoms with Gasteiger partial charge in [-0.25, -0.2) is 29.9 Å². The quantitative estimate of drug-likeness (QED) is 0.153. The molecule has 4 aromatic heterocycles. The van der Waals surface area contributed by atoms with Gasteiger partial charge in [0, 0.05) is 83.9 Å². The summed E-state index contributed by atoms with van der Waals surface area (Å²) in [6, 6.07) is 120. The van der Waals surface area contributed by atoms with E-state index in [1.54, 1.807) is 0 Å². The number of fused-ring (bicyclic) bond motifs is 24. The van der Waals surface area contributed by atoms with Gasteiger partial charge in [0.1, 0.15) is 11.2 Å². The summed E-state index contributed by atoms with van der Waals surface area (Å²) in [5.41, 5.74) is 16.1. The molecular weight excluding hydrogens is 1330 g/mol. The first-order valence-corrected chi connectivity index (χ1v) is 37.1. The highest BCUT2D eigenvalue weighted by molar-refractivity contribution is 6.27. The van der Waals surface area contributed by atoms with Gasteiger partial charge in [-0.15, -0.1) is 0 Å². The Morgan fingerprint density at radius 2 is 0.532 bits per heavy atom. The van der Waals surface area contributed by atoms with Gasteiger partial charge in [0.25, 0.3) is 0 Å². The summed E-state index contributed by atoms with van der Waals surface area (Å²) in [6.45, 7) is 6.75. The number of aromatic nitrogens is 6. The third-order valence-corrected chi connectivity index (χ3v) is 21.7. The zero-order valence-corrected chi connectivity index (χ0v) is 60.2. The Hall–Kier alpha value is -14.1. The van der Waals surface area contributed by atoms with Crippen LogP contribution in [-0.2, 0) is 5.41 Å². The summed E-state index contributed by atoms with van der Waals surface area (Å²) in [6.07, 6.45) is 5.95. The van der Waals surface area contributed by atoms with Gasteiger partial charge in [-0.05, 0) is 139 Å². The lowest BCUT2D eigenvalue weighted by atomic mass is 9.85. The second-order valence-electron chi connectivity index (χ2n) is 29.2. The Kier molecular flexibility index (Phi) is 15.7. The van der Waals surface area contributed by atoms with Crippen LogP contribution < -0.4 is 0 Å². The van der Waals surface area contributed by atoms with E-state index < -0.39 is 0 Å². The van der Waals surface area contributed by atoms with Crippen LogP contribution in [0.4, 0.5) is 0 Å². The van der Waals surface area contributed by atoms with Crippen molar-refractivity contribution in [3.8, 4) is 67.5 Å². The van der Waals surface area contributed by atoms with E-state index >= 15 is 0 Å². The molecule has 0 saturated heterocycles. The van der Waals surface area contributed by atoms with E-state index in [4.69, 9.17) is 34.3 Å². The molecule has 0 atom stereocenters. The van der Waals surface area contributed by atoms with Gasteiger partial charge in [0.2, 0.25) is 0 Å². The molecule has 0 saturated carbocycles. The van der Waals surface area contributed by atoms with Crippen molar-refractivity contribution in [3.05, 3.63) is 364 Å². The van der Waals surface area contributed by atoms with Crippen molar-refractivity contribution in [1.29, 1.82) is 0 Å². The van der Waals surface area contributed by atoms with E-state index in [0.29, 0.717) is 5.82 Å². The van der Waals surface area contributed by atoms with E-state index in [9.17, 15) is 0 Å². The summed E-state index contributed by atoms with van der Waals surface area (Å²) in [5, 5.41) is 24.9. The highest BCUT2D eigenvalue weighted by Crippen LogP contribution is 2.43. The molecule has 0 aliphatic carbocycles. The second-order valence-corrected chi connectivity index (χ2v) is 29.2. The molecule has 0 aliphatic rings. The van der Waals surface area contributed by atoms with Crippen LogP contribution in [0.3, 0.4) is 0 Å². The number of benzene rings is 18. The van der Waals surface area contributed by atoms with Crippen LogP contribution in [0, 0.1) is 0 Å². The van der Waals surface area contributed by atoms with Crippen molar-refractivity contribution >= 4 is 141 Å². The van der Waals surface area contributed by atoms with Gasteiger partial charge < -0.3 is 4.42 Å². The molecule has 22 aromatic rings. The van der Waals surface area contributed by atoms with Crippen molar-refractivity contribution in [1.82, 2.24) is 29.9 Å². The largest absolute Gasteiger partial charge is 0.455 e. The van der Waals surface area contributed by atoms with Crippen molar-refractivity contribution in [2.75, 3.05) is 0 Å². The molecule has 18 aromatic carbocycles. The Morgan fingerprint density at radius 1 is 0.220 bits per heavy atom. The molecular formula is C102H68N6O. The lowest BCUT2D eigenvalue weighted by Gasteiger charge is -2.20. The van der Waals surface area contributed by atoms with Crippen molar-refractivity contribution in [2.45, 2.75) is 26.2 Å². The van der Waals surface area contributed by atoms with Gasteiger partial charge >= 0.3 is 0 Å². The zero-order chi connectivity index (χ0) is 72.7. The maximum atomic E-state index is 6.30. The zero-order valence-electron chi connectivity index (χ0n) is 60.2. The lowest BCUT2D eigenvalue weighted by Crippen LogP contribution is -2.10. The molecule has 7 nitrogen and oxygen atoms in total. The summed E-state index contributed by atoms with van der Waals surface area (Å²) < 4.78 is 6.30. The number of hydrogen-bond acceptors (Lipinski definition) is 7. The third-order valence-electron chi connectivity index (χ3n) is 21.7. The van der Waals surface area contributed by atoms with Crippen LogP contribution in [-0.4, -0.2) is 29.9 Å². The van der Waals surface area contributed by atoms with Crippen LogP contribution in [0.5, 0.6) is 0 Å². The Morgan fingerprint density at radius 3 is 0.991 bits per heavy atom. The molecule has 22 rings (SSSR count).